The normalized spacial score (nSPS) is 14.6. The predicted molar refractivity (Wildman–Crippen MR) is 114 cm³/mol. The Labute approximate surface area is 165 Å². The van der Waals surface area contributed by atoms with Crippen LogP contribution in [0.4, 0.5) is 5.69 Å². The molecule has 27 heavy (non-hydrogen) atoms. The molecule has 1 atom stereocenters. The van der Waals surface area contributed by atoms with Gasteiger partial charge in [0.05, 0.1) is 6.54 Å². The number of benzene rings is 2. The number of hydrogen-bond donors (Lipinski definition) is 2. The van der Waals surface area contributed by atoms with E-state index in [0.29, 0.717) is 11.2 Å². The number of carbonyl (C=O) groups is 1. The van der Waals surface area contributed by atoms with Gasteiger partial charge in [0.2, 0.25) is 5.91 Å². The van der Waals surface area contributed by atoms with Crippen molar-refractivity contribution in [2.24, 2.45) is 4.99 Å². The molecule has 1 heterocycles. The van der Waals surface area contributed by atoms with Crippen LogP contribution in [0.25, 0.3) is 0 Å². The Balaban J connectivity index is 1.45. The fraction of sp³-hybridized carbons (Fsp3) is 0.333. The Bertz CT molecular complexity index is 794. The fourth-order valence-corrected chi connectivity index (χ4v) is 4.03. The number of amides is 1. The van der Waals surface area contributed by atoms with Gasteiger partial charge in [0.1, 0.15) is 0 Å². The van der Waals surface area contributed by atoms with E-state index in [1.165, 1.54) is 10.5 Å². The topological polar surface area (TPSA) is 56.7 Å². The van der Waals surface area contributed by atoms with Crippen LogP contribution < -0.4 is 15.5 Å². The Morgan fingerprint density at radius 1 is 1.15 bits per heavy atom. The third-order valence-corrected chi connectivity index (χ3v) is 5.57. The highest BCUT2D eigenvalue weighted by atomic mass is 32.2. The van der Waals surface area contributed by atoms with Crippen LogP contribution in [0.15, 0.2) is 64.5 Å². The van der Waals surface area contributed by atoms with E-state index in [1.807, 2.05) is 53.1 Å². The second kappa shape index (κ2) is 9.46. The number of thioether (sulfide) groups is 1. The summed E-state index contributed by atoms with van der Waals surface area (Å²) in [6, 6.07) is 18.4. The molecule has 1 amide bonds. The standard InChI is InChI=1S/C21H26N4OS/c1-16(27-18-9-4-3-5-10-18)14-23-21(22-2)24-15-20(26)25-13-12-17-8-6-7-11-19(17)25/h3-11,16H,12-15H2,1-2H3,(H2,22,23,24). The molecule has 2 aromatic carbocycles. The highest BCUT2D eigenvalue weighted by Gasteiger charge is 2.23. The molecule has 0 saturated carbocycles. The predicted octanol–water partition coefficient (Wildman–Crippen LogP) is 2.92. The third-order valence-electron chi connectivity index (χ3n) is 4.46. The van der Waals surface area contributed by atoms with Gasteiger partial charge < -0.3 is 15.5 Å². The number of anilines is 1. The minimum absolute atomic E-state index is 0.0645. The monoisotopic (exact) mass is 382 g/mol. The van der Waals surface area contributed by atoms with E-state index >= 15 is 0 Å². The van der Waals surface area contributed by atoms with Gasteiger partial charge in [-0.15, -0.1) is 11.8 Å². The summed E-state index contributed by atoms with van der Waals surface area (Å²) in [6.45, 7) is 3.91. The van der Waals surface area contributed by atoms with Gasteiger partial charge in [-0.25, -0.2) is 0 Å². The highest BCUT2D eigenvalue weighted by molar-refractivity contribution is 8.00. The van der Waals surface area contributed by atoms with Crippen LogP contribution in [-0.4, -0.2) is 43.8 Å². The van der Waals surface area contributed by atoms with Crippen LogP contribution in [0, 0.1) is 0 Å². The van der Waals surface area contributed by atoms with Gasteiger partial charge in [0, 0.05) is 36.0 Å². The number of carbonyl (C=O) groups excluding carboxylic acids is 1. The summed E-state index contributed by atoms with van der Waals surface area (Å²) >= 11 is 1.81. The van der Waals surface area contributed by atoms with Crippen molar-refractivity contribution in [3.8, 4) is 0 Å². The van der Waals surface area contributed by atoms with Gasteiger partial charge in [-0.1, -0.05) is 43.3 Å². The van der Waals surface area contributed by atoms with Gasteiger partial charge >= 0.3 is 0 Å². The summed E-state index contributed by atoms with van der Waals surface area (Å²) in [5.41, 5.74) is 2.26. The number of aliphatic imine (C=N–C) groups is 1. The SMILES string of the molecule is CN=C(NCC(=O)N1CCc2ccccc21)NCC(C)Sc1ccccc1. The molecule has 0 bridgehead atoms. The van der Waals surface area contributed by atoms with Crippen LogP contribution >= 0.6 is 11.8 Å². The van der Waals surface area contributed by atoms with E-state index in [9.17, 15) is 4.79 Å². The van der Waals surface area contributed by atoms with Crippen molar-refractivity contribution in [1.29, 1.82) is 0 Å². The first-order chi connectivity index (χ1) is 13.2. The fourth-order valence-electron chi connectivity index (χ4n) is 3.09. The van der Waals surface area contributed by atoms with Crippen molar-refractivity contribution in [1.82, 2.24) is 10.6 Å². The number of guanidine groups is 1. The van der Waals surface area contributed by atoms with Gasteiger partial charge in [-0.2, -0.15) is 0 Å². The van der Waals surface area contributed by atoms with Crippen LogP contribution in [0.5, 0.6) is 0 Å². The molecular formula is C21H26N4OS. The smallest absolute Gasteiger partial charge is 0.246 e. The van der Waals surface area contributed by atoms with Gasteiger partial charge in [0.25, 0.3) is 0 Å². The zero-order chi connectivity index (χ0) is 19.1. The molecule has 1 aliphatic heterocycles. The number of fused-ring (bicyclic) bond motifs is 1. The molecule has 3 rings (SSSR count). The quantitative estimate of drug-likeness (QED) is 0.458. The van der Waals surface area contributed by atoms with Crippen molar-refractivity contribution in [2.75, 3.05) is 31.6 Å². The molecule has 0 radical (unpaired) electrons. The minimum Gasteiger partial charge on any atom is -0.355 e. The Hall–Kier alpha value is -2.47. The number of nitrogens with zero attached hydrogens (tertiary/aromatic N) is 2. The maximum Gasteiger partial charge on any atom is 0.246 e. The largest absolute Gasteiger partial charge is 0.355 e. The first-order valence-electron chi connectivity index (χ1n) is 9.22. The van der Waals surface area contributed by atoms with Gasteiger partial charge in [0.15, 0.2) is 5.96 Å². The Kier molecular flexibility index (Phi) is 6.76. The second-order valence-corrected chi connectivity index (χ2v) is 7.98. The Morgan fingerprint density at radius 3 is 2.67 bits per heavy atom. The number of para-hydroxylation sites is 1. The summed E-state index contributed by atoms with van der Waals surface area (Å²) in [5, 5.41) is 6.82. The van der Waals surface area contributed by atoms with Crippen molar-refractivity contribution < 1.29 is 4.79 Å². The van der Waals surface area contributed by atoms with Crippen LogP contribution in [-0.2, 0) is 11.2 Å². The van der Waals surface area contributed by atoms with Crippen molar-refractivity contribution >= 4 is 29.3 Å². The molecule has 0 aromatic heterocycles. The van der Waals surface area contributed by atoms with E-state index in [-0.39, 0.29) is 12.5 Å². The van der Waals surface area contributed by atoms with E-state index in [2.05, 4.69) is 40.7 Å². The lowest BCUT2D eigenvalue weighted by Gasteiger charge is -2.19. The van der Waals surface area contributed by atoms with Gasteiger partial charge in [-0.05, 0) is 30.2 Å². The maximum absolute atomic E-state index is 12.6. The summed E-state index contributed by atoms with van der Waals surface area (Å²) in [6.07, 6.45) is 0.920. The van der Waals surface area contributed by atoms with Crippen LogP contribution in [0.1, 0.15) is 12.5 Å². The lowest BCUT2D eigenvalue weighted by molar-refractivity contribution is -0.117. The molecule has 142 valence electrons. The molecule has 0 fully saturated rings. The average molecular weight is 383 g/mol. The van der Waals surface area contributed by atoms with E-state index in [4.69, 9.17) is 0 Å². The number of rotatable bonds is 6. The van der Waals surface area contributed by atoms with Crippen LogP contribution in [0.2, 0.25) is 0 Å². The van der Waals surface area contributed by atoms with Crippen molar-refractivity contribution in [3.63, 3.8) is 0 Å². The minimum atomic E-state index is 0.0645. The maximum atomic E-state index is 12.6. The van der Waals surface area contributed by atoms with Crippen molar-refractivity contribution in [2.45, 2.75) is 23.5 Å². The molecular weight excluding hydrogens is 356 g/mol. The zero-order valence-electron chi connectivity index (χ0n) is 15.8. The van der Waals surface area contributed by atoms with E-state index in [1.54, 1.807) is 7.05 Å². The molecule has 2 N–H and O–H groups in total. The lowest BCUT2D eigenvalue weighted by atomic mass is 10.2. The molecule has 5 nitrogen and oxygen atoms in total. The summed E-state index contributed by atoms with van der Waals surface area (Å²) in [4.78, 5) is 19.9. The Morgan fingerprint density at radius 2 is 1.89 bits per heavy atom. The zero-order valence-corrected chi connectivity index (χ0v) is 16.6. The summed E-state index contributed by atoms with van der Waals surface area (Å²) in [7, 11) is 1.72. The highest BCUT2D eigenvalue weighted by Crippen LogP contribution is 2.27. The third kappa shape index (κ3) is 5.26. The van der Waals surface area contributed by atoms with E-state index in [0.717, 1.165) is 25.2 Å². The summed E-state index contributed by atoms with van der Waals surface area (Å²) in [5.74, 6) is 0.714. The second-order valence-electron chi connectivity index (χ2n) is 6.47. The average Bonchev–Trinajstić information content (AvgIpc) is 3.13. The molecule has 6 heteroatoms. The first kappa shape index (κ1) is 19.3. The molecule has 1 aliphatic rings. The number of hydrogen-bond acceptors (Lipinski definition) is 3. The summed E-state index contributed by atoms with van der Waals surface area (Å²) < 4.78 is 0. The van der Waals surface area contributed by atoms with Gasteiger partial charge in [-0.3, -0.25) is 9.79 Å². The van der Waals surface area contributed by atoms with Crippen LogP contribution in [0.3, 0.4) is 0 Å². The van der Waals surface area contributed by atoms with E-state index < -0.39 is 0 Å². The lowest BCUT2D eigenvalue weighted by Crippen LogP contribution is -2.45. The molecule has 2 aromatic rings. The number of nitrogens with one attached hydrogen (secondary N) is 2. The molecule has 1 unspecified atom stereocenters. The molecule has 0 spiro atoms. The van der Waals surface area contributed by atoms with Crippen molar-refractivity contribution in [3.05, 3.63) is 60.2 Å². The first-order valence-corrected chi connectivity index (χ1v) is 10.1. The molecule has 0 aliphatic carbocycles. The molecule has 0 saturated heterocycles.